The number of anilines is 1. The molecule has 0 amide bonds. The Hall–Kier alpha value is -1.09. The number of halogens is 1. The number of benzene rings is 1. The molecule has 0 saturated heterocycles. The van der Waals surface area contributed by atoms with Crippen molar-refractivity contribution in [2.45, 2.75) is 19.3 Å². The highest BCUT2D eigenvalue weighted by Crippen LogP contribution is 2.34. The number of aromatic nitrogens is 1. The predicted molar refractivity (Wildman–Crippen MR) is 71.0 cm³/mol. The van der Waals surface area contributed by atoms with Gasteiger partial charge in [-0.1, -0.05) is 15.9 Å². The maximum absolute atomic E-state index is 4.74. The van der Waals surface area contributed by atoms with Crippen molar-refractivity contribution in [2.75, 3.05) is 12.4 Å². The summed E-state index contributed by atoms with van der Waals surface area (Å²) in [5.74, 6) is 0. The zero-order chi connectivity index (χ0) is 11.1. The summed E-state index contributed by atoms with van der Waals surface area (Å²) < 4.78 is 1.11. The molecule has 0 unspecified atom stereocenters. The van der Waals surface area contributed by atoms with E-state index in [9.17, 15) is 0 Å². The van der Waals surface area contributed by atoms with Gasteiger partial charge in [0, 0.05) is 28.3 Å². The molecule has 16 heavy (non-hydrogen) atoms. The number of pyridine rings is 1. The number of fused-ring (bicyclic) bond motifs is 2. The van der Waals surface area contributed by atoms with Gasteiger partial charge in [-0.3, -0.25) is 4.98 Å². The van der Waals surface area contributed by atoms with Gasteiger partial charge in [0.1, 0.15) is 0 Å². The van der Waals surface area contributed by atoms with E-state index in [2.05, 4.69) is 39.4 Å². The van der Waals surface area contributed by atoms with Crippen LogP contribution in [0, 0.1) is 0 Å². The summed E-state index contributed by atoms with van der Waals surface area (Å²) >= 11 is 3.52. The lowest BCUT2D eigenvalue weighted by atomic mass is 10.1. The second kappa shape index (κ2) is 3.74. The fraction of sp³-hybridized carbons (Fsp3) is 0.308. The smallest absolute Gasteiger partial charge is 0.0727 e. The van der Waals surface area contributed by atoms with Crippen molar-refractivity contribution < 1.29 is 0 Å². The van der Waals surface area contributed by atoms with Crippen LogP contribution in [0.1, 0.15) is 17.7 Å². The van der Waals surface area contributed by atoms with Crippen LogP contribution < -0.4 is 5.32 Å². The van der Waals surface area contributed by atoms with Gasteiger partial charge in [0.25, 0.3) is 0 Å². The molecule has 3 rings (SSSR count). The summed E-state index contributed by atoms with van der Waals surface area (Å²) in [6.07, 6.45) is 3.51. The zero-order valence-electron chi connectivity index (χ0n) is 9.18. The molecular formula is C13H13BrN2. The standard InChI is InChI=1S/C13H13BrN2/c1-15-13-9-3-2-4-11(9)16-12-6-5-8(14)7-10(12)13/h5-7H,2-4H2,1H3,(H,15,16). The summed E-state index contributed by atoms with van der Waals surface area (Å²) in [5.41, 5.74) is 5.04. The van der Waals surface area contributed by atoms with Crippen molar-refractivity contribution in [2.24, 2.45) is 0 Å². The average molecular weight is 277 g/mol. The van der Waals surface area contributed by atoms with Gasteiger partial charge >= 0.3 is 0 Å². The van der Waals surface area contributed by atoms with Gasteiger partial charge in [-0.2, -0.15) is 0 Å². The van der Waals surface area contributed by atoms with Crippen molar-refractivity contribution in [1.82, 2.24) is 4.98 Å². The van der Waals surface area contributed by atoms with Crippen molar-refractivity contribution in [3.8, 4) is 0 Å². The highest BCUT2D eigenvalue weighted by molar-refractivity contribution is 9.10. The van der Waals surface area contributed by atoms with Crippen molar-refractivity contribution in [1.29, 1.82) is 0 Å². The molecule has 2 nitrogen and oxygen atoms in total. The molecule has 0 fully saturated rings. The Bertz CT molecular complexity index is 563. The molecule has 1 N–H and O–H groups in total. The van der Waals surface area contributed by atoms with E-state index in [0.717, 1.165) is 22.8 Å². The second-order valence-electron chi connectivity index (χ2n) is 4.18. The lowest BCUT2D eigenvalue weighted by Gasteiger charge is -2.11. The van der Waals surface area contributed by atoms with E-state index in [1.165, 1.54) is 28.8 Å². The number of nitrogens with zero attached hydrogens (tertiary/aromatic N) is 1. The maximum atomic E-state index is 4.74. The molecule has 1 aromatic heterocycles. The third kappa shape index (κ3) is 1.42. The fourth-order valence-electron chi connectivity index (χ4n) is 2.52. The topological polar surface area (TPSA) is 24.9 Å². The zero-order valence-corrected chi connectivity index (χ0v) is 10.8. The number of hydrogen-bond acceptors (Lipinski definition) is 2. The van der Waals surface area contributed by atoms with Crippen LogP contribution in [0.4, 0.5) is 5.69 Å². The van der Waals surface area contributed by atoms with E-state index >= 15 is 0 Å². The van der Waals surface area contributed by atoms with Gasteiger partial charge in [0.15, 0.2) is 0 Å². The number of aryl methyl sites for hydroxylation is 1. The monoisotopic (exact) mass is 276 g/mol. The molecule has 3 heteroatoms. The van der Waals surface area contributed by atoms with Crippen LogP contribution in [-0.4, -0.2) is 12.0 Å². The number of nitrogens with one attached hydrogen (secondary N) is 1. The Kier molecular flexibility index (Phi) is 2.36. The first-order valence-corrected chi connectivity index (χ1v) is 6.37. The third-order valence-electron chi connectivity index (χ3n) is 3.22. The van der Waals surface area contributed by atoms with Crippen LogP contribution in [0.2, 0.25) is 0 Å². The SMILES string of the molecule is CNc1c2c(nc3ccc(Br)cc13)CCC2. The Morgan fingerprint density at radius 1 is 1.31 bits per heavy atom. The molecular weight excluding hydrogens is 264 g/mol. The highest BCUT2D eigenvalue weighted by Gasteiger charge is 2.18. The minimum Gasteiger partial charge on any atom is -0.387 e. The van der Waals surface area contributed by atoms with Gasteiger partial charge in [0.2, 0.25) is 0 Å². The summed E-state index contributed by atoms with van der Waals surface area (Å²) in [5, 5.41) is 4.56. The minimum atomic E-state index is 1.09. The first kappa shape index (κ1) is 10.1. The van der Waals surface area contributed by atoms with Crippen molar-refractivity contribution in [3.63, 3.8) is 0 Å². The molecule has 0 radical (unpaired) electrons. The minimum absolute atomic E-state index is 1.09. The summed E-state index contributed by atoms with van der Waals surface area (Å²) in [6, 6.07) is 6.28. The van der Waals surface area contributed by atoms with Crippen LogP contribution in [-0.2, 0) is 12.8 Å². The van der Waals surface area contributed by atoms with E-state index in [-0.39, 0.29) is 0 Å². The Morgan fingerprint density at radius 3 is 3.00 bits per heavy atom. The summed E-state index contributed by atoms with van der Waals surface area (Å²) in [6.45, 7) is 0. The third-order valence-corrected chi connectivity index (χ3v) is 3.72. The number of hydrogen-bond donors (Lipinski definition) is 1. The molecule has 1 aliphatic carbocycles. The Balaban J connectivity index is 2.40. The molecule has 0 saturated carbocycles. The van der Waals surface area contributed by atoms with Crippen molar-refractivity contribution in [3.05, 3.63) is 33.9 Å². The van der Waals surface area contributed by atoms with Gasteiger partial charge in [-0.15, -0.1) is 0 Å². The molecule has 1 aromatic carbocycles. The van der Waals surface area contributed by atoms with E-state index in [1.807, 2.05) is 7.05 Å². The second-order valence-corrected chi connectivity index (χ2v) is 5.09. The summed E-state index contributed by atoms with van der Waals surface area (Å²) in [4.78, 5) is 4.74. The largest absolute Gasteiger partial charge is 0.387 e. The lowest BCUT2D eigenvalue weighted by Crippen LogP contribution is -1.99. The van der Waals surface area contributed by atoms with Crippen LogP contribution in [0.15, 0.2) is 22.7 Å². The van der Waals surface area contributed by atoms with Gasteiger partial charge < -0.3 is 5.32 Å². The van der Waals surface area contributed by atoms with E-state index in [1.54, 1.807) is 0 Å². The first-order chi connectivity index (χ1) is 7.79. The van der Waals surface area contributed by atoms with Crippen molar-refractivity contribution >= 4 is 32.5 Å². The Morgan fingerprint density at radius 2 is 2.19 bits per heavy atom. The average Bonchev–Trinajstić information content (AvgIpc) is 2.73. The maximum Gasteiger partial charge on any atom is 0.0727 e. The highest BCUT2D eigenvalue weighted by atomic mass is 79.9. The predicted octanol–water partition coefficient (Wildman–Crippen LogP) is 3.53. The number of rotatable bonds is 1. The molecule has 1 aliphatic rings. The molecule has 1 heterocycles. The van der Waals surface area contributed by atoms with Gasteiger partial charge in [-0.05, 0) is 43.0 Å². The lowest BCUT2D eigenvalue weighted by molar-refractivity contribution is 0.901. The molecule has 2 aromatic rings. The van der Waals surface area contributed by atoms with Crippen LogP contribution in [0.3, 0.4) is 0 Å². The normalized spacial score (nSPS) is 14.1. The van der Waals surface area contributed by atoms with Gasteiger partial charge in [-0.25, -0.2) is 0 Å². The van der Waals surface area contributed by atoms with E-state index < -0.39 is 0 Å². The van der Waals surface area contributed by atoms with Crippen LogP contribution >= 0.6 is 15.9 Å². The van der Waals surface area contributed by atoms with Gasteiger partial charge in [0.05, 0.1) is 5.52 Å². The van der Waals surface area contributed by atoms with E-state index in [4.69, 9.17) is 4.98 Å². The molecule has 82 valence electrons. The fourth-order valence-corrected chi connectivity index (χ4v) is 2.88. The van der Waals surface area contributed by atoms with Crippen LogP contribution in [0.25, 0.3) is 10.9 Å². The molecule has 0 atom stereocenters. The molecule has 0 aliphatic heterocycles. The molecule has 0 bridgehead atoms. The summed E-state index contributed by atoms with van der Waals surface area (Å²) in [7, 11) is 1.99. The van der Waals surface area contributed by atoms with Crippen LogP contribution in [0.5, 0.6) is 0 Å². The quantitative estimate of drug-likeness (QED) is 0.862. The Labute approximate surface area is 103 Å². The molecule has 0 spiro atoms. The van der Waals surface area contributed by atoms with E-state index in [0.29, 0.717) is 0 Å². The first-order valence-electron chi connectivity index (χ1n) is 5.58.